The number of para-hydroxylation sites is 1. The Morgan fingerprint density at radius 1 is 1.20 bits per heavy atom. The van der Waals surface area contributed by atoms with Gasteiger partial charge in [-0.15, -0.1) is 0 Å². The third-order valence-electron chi connectivity index (χ3n) is 4.59. The number of aromatic amines is 1. The number of carbonyl (C=O) groups is 1. The van der Waals surface area contributed by atoms with E-state index in [0.29, 0.717) is 18.1 Å². The van der Waals surface area contributed by atoms with Crippen LogP contribution in [0.4, 0.5) is 4.39 Å². The van der Waals surface area contributed by atoms with Gasteiger partial charge in [-0.1, -0.05) is 35.9 Å². The maximum absolute atomic E-state index is 13.8. The van der Waals surface area contributed by atoms with Gasteiger partial charge in [-0.05, 0) is 24.3 Å². The molecule has 1 aliphatic heterocycles. The van der Waals surface area contributed by atoms with Crippen molar-refractivity contribution in [1.29, 1.82) is 0 Å². The standard InChI is InChI=1S/C20H16ClFN2O/c21-16-5-3-6-17(22)14(16)8-9-20(25)24-11-10-19-15(12-24)13-4-1-2-7-18(13)23-19/h1-9,23H,10-12H2. The van der Waals surface area contributed by atoms with Crippen molar-refractivity contribution in [1.82, 2.24) is 9.88 Å². The van der Waals surface area contributed by atoms with E-state index >= 15 is 0 Å². The van der Waals surface area contributed by atoms with Crippen LogP contribution in [0.15, 0.2) is 48.5 Å². The molecule has 0 radical (unpaired) electrons. The van der Waals surface area contributed by atoms with Crippen LogP contribution in [0.2, 0.25) is 5.02 Å². The maximum atomic E-state index is 13.8. The molecule has 0 fully saturated rings. The third kappa shape index (κ3) is 2.94. The summed E-state index contributed by atoms with van der Waals surface area (Å²) in [6.45, 7) is 1.18. The molecular formula is C20H16ClFN2O. The van der Waals surface area contributed by atoms with Crippen molar-refractivity contribution in [3.05, 3.63) is 76.2 Å². The molecule has 5 heteroatoms. The van der Waals surface area contributed by atoms with Crippen LogP contribution in [-0.4, -0.2) is 22.3 Å². The van der Waals surface area contributed by atoms with Gasteiger partial charge in [0.25, 0.3) is 0 Å². The molecule has 0 saturated carbocycles. The molecule has 0 aliphatic carbocycles. The summed E-state index contributed by atoms with van der Waals surface area (Å²) in [5, 5.41) is 1.44. The quantitative estimate of drug-likeness (QED) is 0.673. The molecule has 2 heterocycles. The monoisotopic (exact) mass is 354 g/mol. The molecule has 0 spiro atoms. The lowest BCUT2D eigenvalue weighted by Crippen LogP contribution is -2.34. The van der Waals surface area contributed by atoms with Crippen molar-refractivity contribution in [3.8, 4) is 0 Å². The molecule has 4 rings (SSSR count). The van der Waals surface area contributed by atoms with Gasteiger partial charge in [0.15, 0.2) is 0 Å². The predicted molar refractivity (Wildman–Crippen MR) is 97.9 cm³/mol. The molecule has 126 valence electrons. The normalized spacial score (nSPS) is 14.2. The molecule has 0 atom stereocenters. The molecule has 1 aromatic heterocycles. The Kier molecular flexibility index (Phi) is 4.06. The van der Waals surface area contributed by atoms with E-state index in [2.05, 4.69) is 11.1 Å². The highest BCUT2D eigenvalue weighted by Crippen LogP contribution is 2.28. The molecule has 1 amide bonds. The van der Waals surface area contributed by atoms with Crippen molar-refractivity contribution in [2.75, 3.05) is 6.54 Å². The minimum absolute atomic E-state index is 0.143. The van der Waals surface area contributed by atoms with Gasteiger partial charge in [0.05, 0.1) is 5.02 Å². The zero-order valence-electron chi connectivity index (χ0n) is 13.4. The van der Waals surface area contributed by atoms with Crippen LogP contribution >= 0.6 is 11.6 Å². The van der Waals surface area contributed by atoms with Crippen LogP contribution in [0.1, 0.15) is 16.8 Å². The molecule has 0 bridgehead atoms. The van der Waals surface area contributed by atoms with E-state index in [0.717, 1.165) is 22.9 Å². The van der Waals surface area contributed by atoms with Crippen LogP contribution in [0.5, 0.6) is 0 Å². The average molecular weight is 355 g/mol. The third-order valence-corrected chi connectivity index (χ3v) is 4.92. The van der Waals surface area contributed by atoms with Crippen molar-refractivity contribution in [2.24, 2.45) is 0 Å². The zero-order chi connectivity index (χ0) is 17.4. The fourth-order valence-electron chi connectivity index (χ4n) is 3.28. The summed E-state index contributed by atoms with van der Waals surface area (Å²) in [6.07, 6.45) is 3.62. The fourth-order valence-corrected chi connectivity index (χ4v) is 3.51. The molecule has 0 saturated heterocycles. The molecule has 2 aromatic carbocycles. The number of benzene rings is 2. The van der Waals surface area contributed by atoms with Crippen LogP contribution in [0.3, 0.4) is 0 Å². The number of nitrogens with zero attached hydrogens (tertiary/aromatic N) is 1. The van der Waals surface area contributed by atoms with Crippen molar-refractivity contribution in [3.63, 3.8) is 0 Å². The summed E-state index contributed by atoms with van der Waals surface area (Å²) < 4.78 is 13.8. The molecule has 0 unspecified atom stereocenters. The summed E-state index contributed by atoms with van der Waals surface area (Å²) in [6, 6.07) is 12.6. The number of halogens is 2. The van der Waals surface area contributed by atoms with Gasteiger partial charge in [-0.25, -0.2) is 4.39 Å². The van der Waals surface area contributed by atoms with Gasteiger partial charge in [0.1, 0.15) is 5.82 Å². The summed E-state index contributed by atoms with van der Waals surface area (Å²) in [5.74, 6) is -0.579. The molecule has 3 nitrogen and oxygen atoms in total. The van der Waals surface area contributed by atoms with E-state index in [1.54, 1.807) is 17.0 Å². The van der Waals surface area contributed by atoms with E-state index in [9.17, 15) is 9.18 Å². The number of fused-ring (bicyclic) bond motifs is 3. The Bertz CT molecular complexity index is 972. The van der Waals surface area contributed by atoms with Crippen LogP contribution in [-0.2, 0) is 17.8 Å². The fraction of sp³-hybridized carbons (Fsp3) is 0.150. The second kappa shape index (κ2) is 6.37. The van der Waals surface area contributed by atoms with Gasteiger partial charge >= 0.3 is 0 Å². The first-order chi connectivity index (χ1) is 12.1. The average Bonchev–Trinajstić information content (AvgIpc) is 2.99. The molecule has 3 aromatic rings. The van der Waals surface area contributed by atoms with Crippen LogP contribution in [0.25, 0.3) is 17.0 Å². The van der Waals surface area contributed by atoms with Gasteiger partial charge in [0.2, 0.25) is 5.91 Å². The predicted octanol–water partition coefficient (Wildman–Crippen LogP) is 4.56. The Morgan fingerprint density at radius 2 is 2.04 bits per heavy atom. The number of amides is 1. The number of carbonyl (C=O) groups excluding carboxylic acids is 1. The molecule has 1 aliphatic rings. The summed E-state index contributed by atoms with van der Waals surface area (Å²) in [4.78, 5) is 17.7. The summed E-state index contributed by atoms with van der Waals surface area (Å²) in [5.41, 5.74) is 3.68. The van der Waals surface area contributed by atoms with Crippen molar-refractivity contribution in [2.45, 2.75) is 13.0 Å². The molecule has 1 N–H and O–H groups in total. The first-order valence-electron chi connectivity index (χ1n) is 8.13. The van der Waals surface area contributed by atoms with Crippen LogP contribution < -0.4 is 0 Å². The highest BCUT2D eigenvalue weighted by Gasteiger charge is 2.22. The van der Waals surface area contributed by atoms with E-state index < -0.39 is 5.82 Å². The highest BCUT2D eigenvalue weighted by molar-refractivity contribution is 6.32. The number of hydrogen-bond acceptors (Lipinski definition) is 1. The Hall–Kier alpha value is -2.59. The van der Waals surface area contributed by atoms with E-state index in [1.807, 2.05) is 18.2 Å². The summed E-state index contributed by atoms with van der Waals surface area (Å²) >= 11 is 6.00. The van der Waals surface area contributed by atoms with Gasteiger partial charge < -0.3 is 9.88 Å². The van der Waals surface area contributed by atoms with Crippen molar-refractivity contribution >= 4 is 34.5 Å². The highest BCUT2D eigenvalue weighted by atomic mass is 35.5. The Labute approximate surface area is 149 Å². The number of aromatic nitrogens is 1. The lowest BCUT2D eigenvalue weighted by molar-refractivity contribution is -0.126. The second-order valence-electron chi connectivity index (χ2n) is 6.11. The topological polar surface area (TPSA) is 36.1 Å². The minimum Gasteiger partial charge on any atom is -0.358 e. The smallest absolute Gasteiger partial charge is 0.246 e. The van der Waals surface area contributed by atoms with Crippen LogP contribution in [0, 0.1) is 5.82 Å². The lowest BCUT2D eigenvalue weighted by atomic mass is 10.0. The van der Waals surface area contributed by atoms with Gasteiger partial charge in [0, 0.05) is 53.3 Å². The van der Waals surface area contributed by atoms with Crippen molar-refractivity contribution < 1.29 is 9.18 Å². The molecular weight excluding hydrogens is 339 g/mol. The number of rotatable bonds is 2. The zero-order valence-corrected chi connectivity index (χ0v) is 14.2. The van der Waals surface area contributed by atoms with E-state index in [4.69, 9.17) is 11.6 Å². The Balaban J connectivity index is 1.57. The minimum atomic E-state index is -0.436. The number of nitrogens with one attached hydrogen (secondary N) is 1. The SMILES string of the molecule is O=C(C=Cc1c(F)cccc1Cl)N1CCc2[nH]c3ccccc3c2C1. The van der Waals surface area contributed by atoms with E-state index in [-0.39, 0.29) is 11.5 Å². The first-order valence-corrected chi connectivity index (χ1v) is 8.51. The maximum Gasteiger partial charge on any atom is 0.246 e. The number of H-pyrrole nitrogens is 1. The molecule has 25 heavy (non-hydrogen) atoms. The number of hydrogen-bond donors (Lipinski definition) is 1. The lowest BCUT2D eigenvalue weighted by Gasteiger charge is -2.26. The van der Waals surface area contributed by atoms with Gasteiger partial charge in [-0.2, -0.15) is 0 Å². The first kappa shape index (κ1) is 15.9. The van der Waals surface area contributed by atoms with Gasteiger partial charge in [-0.3, -0.25) is 4.79 Å². The summed E-state index contributed by atoms with van der Waals surface area (Å²) in [7, 11) is 0. The Morgan fingerprint density at radius 3 is 2.88 bits per heavy atom. The van der Waals surface area contributed by atoms with E-state index in [1.165, 1.54) is 23.9 Å². The largest absolute Gasteiger partial charge is 0.358 e. The second-order valence-corrected chi connectivity index (χ2v) is 6.51.